The fraction of sp³-hybridized carbons (Fsp3) is 0.355. The summed E-state index contributed by atoms with van der Waals surface area (Å²) in [5, 5.41) is 8.80. The first-order chi connectivity index (χ1) is 18.0. The zero-order valence-electron chi connectivity index (χ0n) is 21.6. The summed E-state index contributed by atoms with van der Waals surface area (Å²) in [6.07, 6.45) is 3.79. The molecule has 1 saturated heterocycles. The van der Waals surface area contributed by atoms with E-state index in [1.165, 1.54) is 5.56 Å². The predicted molar refractivity (Wildman–Crippen MR) is 147 cm³/mol. The van der Waals surface area contributed by atoms with E-state index in [1.807, 2.05) is 30.3 Å². The second-order valence-electron chi connectivity index (χ2n) is 10.6. The van der Waals surface area contributed by atoms with E-state index in [4.69, 9.17) is 4.74 Å². The molecule has 1 atom stereocenters. The summed E-state index contributed by atoms with van der Waals surface area (Å²) in [7, 11) is 4.21. The number of Topliss-reactive ketones (excluding diaryl/α,β-unsaturated/α-hetero) is 1. The molecule has 6 rings (SSSR count). The highest BCUT2D eigenvalue weighted by molar-refractivity contribution is 5.95. The number of nitrogens with zero attached hydrogens (tertiary/aromatic N) is 3. The molecule has 6 heteroatoms. The Morgan fingerprint density at radius 3 is 2.59 bits per heavy atom. The van der Waals surface area contributed by atoms with Crippen LogP contribution >= 0.6 is 0 Å². The molecule has 0 saturated carbocycles. The Kier molecular flexibility index (Phi) is 6.53. The molecule has 2 aliphatic rings. The Morgan fingerprint density at radius 2 is 1.78 bits per heavy atom. The zero-order valence-corrected chi connectivity index (χ0v) is 21.6. The molecule has 1 fully saturated rings. The van der Waals surface area contributed by atoms with E-state index in [2.05, 4.69) is 70.5 Å². The van der Waals surface area contributed by atoms with Crippen molar-refractivity contribution in [3.05, 3.63) is 83.4 Å². The summed E-state index contributed by atoms with van der Waals surface area (Å²) in [5.41, 5.74) is 6.35. The van der Waals surface area contributed by atoms with Crippen molar-refractivity contribution < 1.29 is 9.53 Å². The molecule has 2 aliphatic heterocycles. The monoisotopic (exact) mass is 494 g/mol. The largest absolute Gasteiger partial charge is 0.490 e. The number of H-pyrrole nitrogens is 1. The van der Waals surface area contributed by atoms with Crippen molar-refractivity contribution in [2.75, 3.05) is 33.7 Å². The number of ketones is 1. The molecule has 0 aliphatic carbocycles. The topological polar surface area (TPSA) is 61.5 Å². The number of rotatable bonds is 6. The standard InChI is InChI=1S/C31H34N4O2/c1-34-16-14-25(15-17-34)37-24-10-8-23(9-11-24)30-27-19-21(7-12-28(27)32-33-30)20-29(36)31-26-6-4-3-5-22(26)13-18-35(31)2/h3-12,19,25,31H,13-18,20H2,1-2H3,(H,32,33). The molecule has 190 valence electrons. The van der Waals surface area contributed by atoms with Gasteiger partial charge in [-0.15, -0.1) is 0 Å². The van der Waals surface area contributed by atoms with Crippen molar-refractivity contribution in [1.29, 1.82) is 0 Å². The Hall–Kier alpha value is -3.48. The Bertz CT molecular complexity index is 1400. The zero-order chi connectivity index (χ0) is 25.4. The molecule has 1 N–H and O–H groups in total. The first-order valence-electron chi connectivity index (χ1n) is 13.3. The minimum atomic E-state index is -0.193. The third-order valence-electron chi connectivity index (χ3n) is 7.93. The maximum absolute atomic E-state index is 13.5. The number of likely N-dealkylation sites (N-methyl/N-ethyl adjacent to an activating group) is 1. The lowest BCUT2D eigenvalue weighted by atomic mass is 9.88. The van der Waals surface area contributed by atoms with Gasteiger partial charge in [0.15, 0.2) is 5.78 Å². The van der Waals surface area contributed by atoms with Gasteiger partial charge in [0.25, 0.3) is 0 Å². The van der Waals surface area contributed by atoms with Gasteiger partial charge in [-0.3, -0.25) is 14.8 Å². The van der Waals surface area contributed by atoms with Gasteiger partial charge in [0.1, 0.15) is 11.9 Å². The Balaban J connectivity index is 1.20. The molecule has 3 heterocycles. The number of aromatic nitrogens is 2. The van der Waals surface area contributed by atoms with Gasteiger partial charge in [-0.05, 0) is 86.4 Å². The van der Waals surface area contributed by atoms with Gasteiger partial charge in [-0.1, -0.05) is 30.3 Å². The van der Waals surface area contributed by atoms with Crippen molar-refractivity contribution in [2.24, 2.45) is 0 Å². The first-order valence-corrected chi connectivity index (χ1v) is 13.3. The van der Waals surface area contributed by atoms with Crippen LogP contribution in [0.15, 0.2) is 66.7 Å². The number of fused-ring (bicyclic) bond motifs is 2. The number of carbonyl (C=O) groups excluding carboxylic acids is 1. The molecule has 6 nitrogen and oxygen atoms in total. The van der Waals surface area contributed by atoms with Crippen LogP contribution < -0.4 is 4.74 Å². The number of likely N-dealkylation sites (tertiary alicyclic amines) is 1. The van der Waals surface area contributed by atoms with E-state index in [9.17, 15) is 4.79 Å². The van der Waals surface area contributed by atoms with Crippen LogP contribution in [0.25, 0.3) is 22.2 Å². The number of aromatic amines is 1. The normalized spacial score (nSPS) is 19.1. The highest BCUT2D eigenvalue weighted by atomic mass is 16.5. The molecule has 0 spiro atoms. The van der Waals surface area contributed by atoms with Gasteiger partial charge in [0, 0.05) is 37.0 Å². The van der Waals surface area contributed by atoms with Crippen LogP contribution in [0, 0.1) is 0 Å². The van der Waals surface area contributed by atoms with E-state index in [-0.39, 0.29) is 17.9 Å². The summed E-state index contributed by atoms with van der Waals surface area (Å²) >= 11 is 0. The summed E-state index contributed by atoms with van der Waals surface area (Å²) in [6.45, 7) is 3.06. The lowest BCUT2D eigenvalue weighted by molar-refractivity contribution is -0.123. The summed E-state index contributed by atoms with van der Waals surface area (Å²) in [4.78, 5) is 18.0. The molecule has 37 heavy (non-hydrogen) atoms. The second kappa shape index (κ2) is 10.1. The minimum absolute atomic E-state index is 0.193. The molecule has 3 aromatic carbocycles. The number of piperidine rings is 1. The number of nitrogens with one attached hydrogen (secondary N) is 1. The van der Waals surface area contributed by atoms with Crippen LogP contribution in [-0.2, 0) is 17.6 Å². The smallest absolute Gasteiger partial charge is 0.158 e. The average Bonchev–Trinajstić information content (AvgIpc) is 3.33. The first kappa shape index (κ1) is 23.9. The van der Waals surface area contributed by atoms with Crippen molar-refractivity contribution in [2.45, 2.75) is 37.8 Å². The fourth-order valence-corrected chi connectivity index (χ4v) is 5.79. The summed E-state index contributed by atoms with van der Waals surface area (Å²) in [5.74, 6) is 1.13. The van der Waals surface area contributed by atoms with Crippen molar-refractivity contribution in [3.63, 3.8) is 0 Å². The highest BCUT2D eigenvalue weighted by Crippen LogP contribution is 2.32. The maximum atomic E-state index is 13.5. The van der Waals surface area contributed by atoms with E-state index in [0.29, 0.717) is 6.42 Å². The summed E-state index contributed by atoms with van der Waals surface area (Å²) < 4.78 is 6.22. The van der Waals surface area contributed by atoms with Crippen LogP contribution in [0.5, 0.6) is 5.75 Å². The lowest BCUT2D eigenvalue weighted by Gasteiger charge is -2.33. The van der Waals surface area contributed by atoms with Crippen molar-refractivity contribution >= 4 is 16.7 Å². The molecule has 1 aromatic heterocycles. The van der Waals surface area contributed by atoms with Gasteiger partial charge in [-0.25, -0.2) is 0 Å². The molecule has 0 bridgehead atoms. The average molecular weight is 495 g/mol. The number of benzene rings is 3. The quantitative estimate of drug-likeness (QED) is 0.407. The van der Waals surface area contributed by atoms with Crippen molar-refractivity contribution in [1.82, 2.24) is 20.0 Å². The van der Waals surface area contributed by atoms with Crippen LogP contribution in [0.4, 0.5) is 0 Å². The van der Waals surface area contributed by atoms with Gasteiger partial charge in [0.2, 0.25) is 0 Å². The number of carbonyl (C=O) groups is 1. The maximum Gasteiger partial charge on any atom is 0.158 e. The summed E-state index contributed by atoms with van der Waals surface area (Å²) in [6, 6.07) is 22.6. The van der Waals surface area contributed by atoms with Crippen LogP contribution in [0.3, 0.4) is 0 Å². The third kappa shape index (κ3) is 4.91. The number of ether oxygens (including phenoxy) is 1. The minimum Gasteiger partial charge on any atom is -0.490 e. The van der Waals surface area contributed by atoms with E-state index < -0.39 is 0 Å². The Morgan fingerprint density at radius 1 is 1.00 bits per heavy atom. The van der Waals surface area contributed by atoms with Gasteiger partial charge < -0.3 is 9.64 Å². The SMILES string of the molecule is CN1CCC(Oc2ccc(-c3n[nH]c4ccc(CC(=O)C5c6ccccc6CCN5C)cc34)cc2)CC1. The molecule has 0 amide bonds. The molecular weight excluding hydrogens is 460 g/mol. The molecule has 0 radical (unpaired) electrons. The van der Waals surface area contributed by atoms with E-state index >= 15 is 0 Å². The van der Waals surface area contributed by atoms with Crippen LogP contribution in [0.1, 0.15) is 35.6 Å². The number of hydrogen-bond acceptors (Lipinski definition) is 5. The Labute approximate surface area is 218 Å². The van der Waals surface area contributed by atoms with Gasteiger partial charge >= 0.3 is 0 Å². The van der Waals surface area contributed by atoms with E-state index in [0.717, 1.165) is 77.9 Å². The molecular formula is C31H34N4O2. The third-order valence-corrected chi connectivity index (χ3v) is 7.93. The molecule has 1 unspecified atom stereocenters. The van der Waals surface area contributed by atoms with Gasteiger partial charge in [-0.2, -0.15) is 5.10 Å². The van der Waals surface area contributed by atoms with Gasteiger partial charge in [0.05, 0.1) is 17.3 Å². The lowest BCUT2D eigenvalue weighted by Crippen LogP contribution is -2.37. The number of hydrogen-bond donors (Lipinski definition) is 1. The fourth-order valence-electron chi connectivity index (χ4n) is 5.79. The van der Waals surface area contributed by atoms with Crippen LogP contribution in [0.2, 0.25) is 0 Å². The van der Waals surface area contributed by atoms with Crippen LogP contribution in [-0.4, -0.2) is 65.6 Å². The molecule has 4 aromatic rings. The van der Waals surface area contributed by atoms with Crippen molar-refractivity contribution in [3.8, 4) is 17.0 Å². The van der Waals surface area contributed by atoms with E-state index in [1.54, 1.807) is 0 Å². The second-order valence-corrected chi connectivity index (χ2v) is 10.6. The highest BCUT2D eigenvalue weighted by Gasteiger charge is 2.30. The predicted octanol–water partition coefficient (Wildman–Crippen LogP) is 5.04.